The lowest BCUT2D eigenvalue weighted by Gasteiger charge is -2.42. The largest absolute Gasteiger partial charge is 0.497 e. The van der Waals surface area contributed by atoms with Crippen LogP contribution in [0.15, 0.2) is 55.1 Å². The summed E-state index contributed by atoms with van der Waals surface area (Å²) >= 11 is 7.06. The minimum Gasteiger partial charge on any atom is -0.497 e. The highest BCUT2D eigenvalue weighted by molar-refractivity contribution is 8.25. The molecule has 35 heavy (non-hydrogen) atoms. The van der Waals surface area contributed by atoms with Gasteiger partial charge in [0, 0.05) is 37.3 Å². The highest BCUT2D eigenvalue weighted by atomic mass is 32.2. The minimum absolute atomic E-state index is 0.155. The summed E-state index contributed by atoms with van der Waals surface area (Å²) in [5.41, 5.74) is 1.15. The van der Waals surface area contributed by atoms with E-state index < -0.39 is 10.3 Å². The van der Waals surface area contributed by atoms with E-state index in [2.05, 4.69) is 6.58 Å². The molecule has 0 bridgehead atoms. The van der Waals surface area contributed by atoms with Gasteiger partial charge in [0.2, 0.25) is 5.91 Å². The number of rotatable bonds is 5. The number of nitrogens with zero attached hydrogens (tertiary/aromatic N) is 3. The summed E-state index contributed by atoms with van der Waals surface area (Å²) in [5.74, 6) is 0.654. The molecule has 7 nitrogen and oxygen atoms in total. The van der Waals surface area contributed by atoms with Gasteiger partial charge in [0.15, 0.2) is 5.54 Å². The molecule has 5 rings (SSSR count). The minimum atomic E-state index is -1.28. The maximum Gasteiger partial charge on any atom is 0.254 e. The van der Waals surface area contributed by atoms with Gasteiger partial charge in [-0.05, 0) is 42.9 Å². The molecule has 2 aromatic carbocycles. The Hall–Kier alpha value is -2.88. The number of amides is 2. The quantitative estimate of drug-likeness (QED) is 0.452. The number of benzene rings is 2. The monoisotopic (exact) mass is 509 g/mol. The molecule has 3 aliphatic heterocycles. The van der Waals surface area contributed by atoms with Gasteiger partial charge in [-0.1, -0.05) is 42.2 Å². The van der Waals surface area contributed by atoms with Crippen LogP contribution in [0.5, 0.6) is 11.5 Å². The van der Waals surface area contributed by atoms with E-state index >= 15 is 0 Å². The molecule has 0 saturated carbocycles. The van der Waals surface area contributed by atoms with Crippen LogP contribution in [0.3, 0.4) is 0 Å². The van der Waals surface area contributed by atoms with E-state index in [0.717, 1.165) is 16.8 Å². The van der Waals surface area contributed by atoms with Crippen LogP contribution in [0.1, 0.15) is 17.0 Å². The molecule has 2 saturated heterocycles. The number of thiocarbonyl (C=S) groups is 1. The van der Waals surface area contributed by atoms with E-state index in [9.17, 15) is 9.59 Å². The van der Waals surface area contributed by atoms with E-state index in [0.29, 0.717) is 22.4 Å². The first-order valence-electron chi connectivity index (χ1n) is 11.3. The van der Waals surface area contributed by atoms with Crippen LogP contribution in [-0.4, -0.2) is 72.1 Å². The lowest BCUT2D eigenvalue weighted by Crippen LogP contribution is -2.62. The van der Waals surface area contributed by atoms with Crippen molar-refractivity contribution >= 4 is 45.8 Å². The number of carbonyl (C=O) groups is 2. The van der Waals surface area contributed by atoms with Crippen LogP contribution in [0.25, 0.3) is 0 Å². The van der Waals surface area contributed by atoms with Crippen LogP contribution in [0.4, 0.5) is 5.69 Å². The third-order valence-corrected chi connectivity index (χ3v) is 9.41. The Labute approximate surface area is 214 Å². The van der Waals surface area contributed by atoms with Crippen molar-refractivity contribution in [2.24, 2.45) is 0 Å². The molecule has 0 unspecified atom stereocenters. The molecule has 0 N–H and O–H groups in total. The lowest BCUT2D eigenvalue weighted by molar-refractivity contribution is -0.138. The molecule has 182 valence electrons. The predicted molar refractivity (Wildman–Crippen MR) is 141 cm³/mol. The second-order valence-electron chi connectivity index (χ2n) is 8.98. The maximum absolute atomic E-state index is 14.5. The summed E-state index contributed by atoms with van der Waals surface area (Å²) in [7, 11) is 6.88. The molecule has 0 radical (unpaired) electrons. The third-order valence-electron chi connectivity index (χ3n) is 7.47. The summed E-state index contributed by atoms with van der Waals surface area (Å²) in [5, 5.41) is 0. The molecule has 0 aromatic heterocycles. The van der Waals surface area contributed by atoms with Gasteiger partial charge < -0.3 is 14.4 Å². The van der Waals surface area contributed by atoms with E-state index in [1.807, 2.05) is 54.4 Å². The summed E-state index contributed by atoms with van der Waals surface area (Å²) in [6.45, 7) is 4.58. The fourth-order valence-corrected chi connectivity index (χ4v) is 8.09. The number of methoxy groups -OCH3 is 2. The van der Waals surface area contributed by atoms with E-state index in [-0.39, 0.29) is 24.3 Å². The second-order valence-corrected chi connectivity index (χ2v) is 10.9. The third kappa shape index (κ3) is 2.92. The van der Waals surface area contributed by atoms with Crippen molar-refractivity contribution in [2.75, 3.05) is 46.3 Å². The molecule has 9 heteroatoms. The fraction of sp³-hybridized carbons (Fsp3) is 0.346. The van der Waals surface area contributed by atoms with Crippen LogP contribution >= 0.6 is 24.0 Å². The zero-order chi connectivity index (χ0) is 25.1. The van der Waals surface area contributed by atoms with Gasteiger partial charge in [0.05, 0.1) is 14.2 Å². The van der Waals surface area contributed by atoms with Gasteiger partial charge in [0.1, 0.15) is 20.6 Å². The zero-order valence-corrected chi connectivity index (χ0v) is 21.7. The number of likely N-dealkylation sites (tertiary alicyclic amines) is 1. The van der Waals surface area contributed by atoms with Crippen molar-refractivity contribution in [3.8, 4) is 11.5 Å². The van der Waals surface area contributed by atoms with Crippen molar-refractivity contribution in [1.82, 2.24) is 9.80 Å². The Bertz CT molecular complexity index is 1270. The summed E-state index contributed by atoms with van der Waals surface area (Å²) in [6.07, 6.45) is 1.66. The molecule has 2 aromatic rings. The molecule has 2 fully saturated rings. The van der Waals surface area contributed by atoms with E-state index in [1.54, 1.807) is 37.1 Å². The molecular weight excluding hydrogens is 482 g/mol. The molecule has 0 aliphatic carbocycles. The first-order chi connectivity index (χ1) is 16.8. The molecule has 3 aliphatic rings. The normalized spacial score (nSPS) is 27.9. The van der Waals surface area contributed by atoms with Gasteiger partial charge in [-0.2, -0.15) is 0 Å². The van der Waals surface area contributed by atoms with Gasteiger partial charge >= 0.3 is 0 Å². The average molecular weight is 510 g/mol. The van der Waals surface area contributed by atoms with Crippen molar-refractivity contribution in [1.29, 1.82) is 0 Å². The maximum atomic E-state index is 14.5. The lowest BCUT2D eigenvalue weighted by atomic mass is 9.72. The first kappa shape index (κ1) is 23.8. The SMILES string of the molecule is C=CCN1C(=O)[C@]2(SC1=S)[C@@H](c1cccc(OC)c1)CN(C)[C@@]21C(=O)N(C)c2ccc(OC)cc21. The number of fused-ring (bicyclic) bond motifs is 3. The Morgan fingerprint density at radius 1 is 1.11 bits per heavy atom. The van der Waals surface area contributed by atoms with E-state index in [4.69, 9.17) is 21.7 Å². The molecular formula is C26H27N3O4S2. The zero-order valence-electron chi connectivity index (χ0n) is 20.1. The summed E-state index contributed by atoms with van der Waals surface area (Å²) in [6, 6.07) is 13.3. The Morgan fingerprint density at radius 2 is 1.83 bits per heavy atom. The number of hydrogen-bond donors (Lipinski definition) is 0. The predicted octanol–water partition coefficient (Wildman–Crippen LogP) is 3.39. The topological polar surface area (TPSA) is 62.3 Å². The number of thioether (sulfide) groups is 1. The number of hydrogen-bond acceptors (Lipinski definition) is 7. The van der Waals surface area contributed by atoms with Crippen molar-refractivity contribution < 1.29 is 19.1 Å². The number of carbonyl (C=O) groups excluding carboxylic acids is 2. The standard InChI is InChI=1S/C26H27N3O4S2/c1-6-12-29-23(31)26(35-24(29)34)20(16-8-7-9-17(13-16)32-4)15-27(2)25(26)19-14-18(33-5)10-11-21(19)28(3)22(25)30/h6-11,13-14,20H,1,12,15H2,2-5H3/t20-,25+,26-/m1/s1. The second kappa shape index (κ2) is 8.36. The van der Waals surface area contributed by atoms with Crippen LogP contribution in [0.2, 0.25) is 0 Å². The van der Waals surface area contributed by atoms with Crippen molar-refractivity contribution in [3.05, 3.63) is 66.2 Å². The molecule has 3 heterocycles. The smallest absolute Gasteiger partial charge is 0.254 e. The van der Waals surface area contributed by atoms with Crippen LogP contribution in [0, 0.1) is 0 Å². The number of likely N-dealkylation sites (N-methyl/N-ethyl adjacent to an activating group) is 2. The first-order valence-corrected chi connectivity index (χ1v) is 12.5. The average Bonchev–Trinajstić information content (AvgIpc) is 3.37. The summed E-state index contributed by atoms with van der Waals surface area (Å²) < 4.78 is 10.3. The Balaban J connectivity index is 1.84. The Kier molecular flexibility index (Phi) is 5.69. The number of ether oxygens (including phenoxy) is 2. The van der Waals surface area contributed by atoms with Crippen LogP contribution < -0.4 is 14.4 Å². The molecule has 2 spiro atoms. The van der Waals surface area contributed by atoms with Gasteiger partial charge in [0.25, 0.3) is 5.91 Å². The molecule has 2 amide bonds. The molecule has 3 atom stereocenters. The van der Waals surface area contributed by atoms with Crippen molar-refractivity contribution in [3.63, 3.8) is 0 Å². The Morgan fingerprint density at radius 3 is 2.51 bits per heavy atom. The summed E-state index contributed by atoms with van der Waals surface area (Å²) in [4.78, 5) is 34.1. The fourth-order valence-electron chi connectivity index (χ4n) is 5.95. The van der Waals surface area contributed by atoms with Crippen LogP contribution in [-0.2, 0) is 15.1 Å². The number of anilines is 1. The highest BCUT2D eigenvalue weighted by Crippen LogP contribution is 2.66. The van der Waals surface area contributed by atoms with Gasteiger partial charge in [-0.15, -0.1) is 6.58 Å². The van der Waals surface area contributed by atoms with E-state index in [1.165, 1.54) is 11.8 Å². The highest BCUT2D eigenvalue weighted by Gasteiger charge is 2.78. The van der Waals surface area contributed by atoms with Gasteiger partial charge in [-0.3, -0.25) is 19.4 Å². The van der Waals surface area contributed by atoms with Crippen molar-refractivity contribution in [2.45, 2.75) is 16.2 Å². The van der Waals surface area contributed by atoms with Gasteiger partial charge in [-0.25, -0.2) is 0 Å².